The second kappa shape index (κ2) is 10.7. The Morgan fingerprint density at radius 3 is 2.56 bits per heavy atom. The van der Waals surface area contributed by atoms with Crippen molar-refractivity contribution in [2.75, 3.05) is 13.7 Å². The average molecular weight is 495 g/mol. The summed E-state index contributed by atoms with van der Waals surface area (Å²) in [4.78, 5) is 37.6. The standard InChI is InChI=1S/C28H38N4O4/c1-3-7-20-17-21(12-13-31(20)22-15-18-8-6-9-19(14-18)16-22)32-24-11-5-4-10-23(24)29-25(27(32)33)26(28(34)35)30-36-2/h4-5,10-11,18-22H,3,6-9,12-17H2,1-2H3,(H,34,35)/b30-26-/t18-,19?,20-,21-,22?/m1/s1. The molecule has 0 spiro atoms. The van der Waals surface area contributed by atoms with E-state index in [1.165, 1.54) is 45.6 Å². The van der Waals surface area contributed by atoms with Gasteiger partial charge in [-0.2, -0.15) is 0 Å². The Morgan fingerprint density at radius 2 is 1.86 bits per heavy atom. The van der Waals surface area contributed by atoms with Crippen molar-refractivity contribution in [2.45, 2.75) is 89.3 Å². The Kier molecular flexibility index (Phi) is 7.42. The molecule has 1 aromatic carbocycles. The first-order valence-electron chi connectivity index (χ1n) is 13.6. The van der Waals surface area contributed by atoms with Gasteiger partial charge >= 0.3 is 5.97 Å². The second-order valence-electron chi connectivity index (χ2n) is 10.9. The van der Waals surface area contributed by atoms with E-state index in [0.717, 1.165) is 49.6 Å². The number of aromatic nitrogens is 2. The number of likely N-dealkylation sites (tertiary alicyclic amines) is 1. The molecule has 2 saturated carbocycles. The van der Waals surface area contributed by atoms with Crippen molar-refractivity contribution < 1.29 is 14.7 Å². The minimum absolute atomic E-state index is 0.0161. The number of hydrogen-bond donors (Lipinski definition) is 1. The number of carboxylic acid groups (broad SMARTS) is 1. The second-order valence-corrected chi connectivity index (χ2v) is 10.9. The number of carbonyl (C=O) groups is 1. The first-order valence-corrected chi connectivity index (χ1v) is 13.6. The summed E-state index contributed by atoms with van der Waals surface area (Å²) in [7, 11) is 1.27. The largest absolute Gasteiger partial charge is 0.476 e. The van der Waals surface area contributed by atoms with E-state index in [1.54, 1.807) is 4.57 Å². The van der Waals surface area contributed by atoms with Gasteiger partial charge in [-0.15, -0.1) is 0 Å². The van der Waals surface area contributed by atoms with Crippen LogP contribution in [0.5, 0.6) is 0 Å². The van der Waals surface area contributed by atoms with Gasteiger partial charge in [-0.25, -0.2) is 9.78 Å². The smallest absolute Gasteiger partial charge is 0.360 e. The van der Waals surface area contributed by atoms with Crippen molar-refractivity contribution in [3.63, 3.8) is 0 Å². The summed E-state index contributed by atoms with van der Waals surface area (Å²) >= 11 is 0. The van der Waals surface area contributed by atoms with Gasteiger partial charge < -0.3 is 14.5 Å². The van der Waals surface area contributed by atoms with Crippen LogP contribution in [0.2, 0.25) is 0 Å². The van der Waals surface area contributed by atoms with Crippen LogP contribution in [0.4, 0.5) is 0 Å². The predicted molar refractivity (Wildman–Crippen MR) is 139 cm³/mol. The topological polar surface area (TPSA) is 97.0 Å². The van der Waals surface area contributed by atoms with Crippen molar-refractivity contribution in [1.82, 2.24) is 14.5 Å². The molecule has 3 fully saturated rings. The zero-order valence-electron chi connectivity index (χ0n) is 21.4. The fourth-order valence-corrected chi connectivity index (χ4v) is 7.29. The molecule has 8 nitrogen and oxygen atoms in total. The van der Waals surface area contributed by atoms with E-state index in [-0.39, 0.29) is 11.7 Å². The number of oxime groups is 1. The quantitative estimate of drug-likeness (QED) is 0.446. The fourth-order valence-electron chi connectivity index (χ4n) is 7.29. The summed E-state index contributed by atoms with van der Waals surface area (Å²) in [6.45, 7) is 3.21. The lowest BCUT2D eigenvalue weighted by Gasteiger charge is -2.49. The molecular formula is C28H38N4O4. The lowest BCUT2D eigenvalue weighted by molar-refractivity contribution is -0.129. The molecule has 5 rings (SSSR count). The number of hydrogen-bond acceptors (Lipinski definition) is 6. The number of benzene rings is 1. The van der Waals surface area contributed by atoms with Crippen LogP contribution in [0.1, 0.15) is 82.9 Å². The minimum Gasteiger partial charge on any atom is -0.476 e. The third-order valence-electron chi connectivity index (χ3n) is 8.70. The molecule has 2 aromatic rings. The van der Waals surface area contributed by atoms with Crippen LogP contribution in [0, 0.1) is 11.8 Å². The van der Waals surface area contributed by atoms with Gasteiger partial charge in [0, 0.05) is 24.7 Å². The number of nitrogens with zero attached hydrogens (tertiary/aromatic N) is 4. The molecule has 36 heavy (non-hydrogen) atoms. The van der Waals surface area contributed by atoms with E-state index in [4.69, 9.17) is 4.84 Å². The molecule has 1 saturated heterocycles. The van der Waals surface area contributed by atoms with Gasteiger partial charge in [-0.05, 0) is 62.5 Å². The molecule has 2 aliphatic carbocycles. The maximum Gasteiger partial charge on any atom is 0.360 e. The van der Waals surface area contributed by atoms with Crippen molar-refractivity contribution in [2.24, 2.45) is 17.0 Å². The Bertz CT molecular complexity index is 1180. The zero-order chi connectivity index (χ0) is 25.2. The van der Waals surface area contributed by atoms with Crippen molar-refractivity contribution in [3.05, 3.63) is 40.3 Å². The van der Waals surface area contributed by atoms with Crippen LogP contribution in [-0.2, 0) is 9.63 Å². The van der Waals surface area contributed by atoms with Gasteiger partial charge in [0.1, 0.15) is 7.11 Å². The molecule has 3 aliphatic rings. The predicted octanol–water partition coefficient (Wildman–Crippen LogP) is 4.61. The highest BCUT2D eigenvalue weighted by atomic mass is 16.6. The third-order valence-corrected chi connectivity index (χ3v) is 8.70. The van der Waals surface area contributed by atoms with E-state index in [1.807, 2.05) is 24.3 Å². The number of piperidine rings is 1. The number of aliphatic carboxylic acids is 1. The first kappa shape index (κ1) is 24.9. The van der Waals surface area contributed by atoms with Crippen LogP contribution in [0.3, 0.4) is 0 Å². The van der Waals surface area contributed by atoms with E-state index >= 15 is 0 Å². The lowest BCUT2D eigenvalue weighted by atomic mass is 9.69. The van der Waals surface area contributed by atoms with Gasteiger partial charge in [0.05, 0.1) is 11.0 Å². The lowest BCUT2D eigenvalue weighted by Crippen LogP contribution is -2.52. The molecule has 2 unspecified atom stereocenters. The van der Waals surface area contributed by atoms with Gasteiger partial charge in [-0.3, -0.25) is 9.69 Å². The van der Waals surface area contributed by atoms with Gasteiger partial charge in [-0.1, -0.05) is 49.9 Å². The Hall–Kier alpha value is -2.74. The summed E-state index contributed by atoms with van der Waals surface area (Å²) in [5.41, 5.74) is 0.296. The van der Waals surface area contributed by atoms with E-state index in [9.17, 15) is 14.7 Å². The maximum absolute atomic E-state index is 13.8. The minimum atomic E-state index is -1.33. The summed E-state index contributed by atoms with van der Waals surface area (Å²) in [5, 5.41) is 13.3. The molecule has 0 amide bonds. The van der Waals surface area contributed by atoms with Crippen LogP contribution >= 0.6 is 0 Å². The van der Waals surface area contributed by atoms with E-state index in [0.29, 0.717) is 17.6 Å². The van der Waals surface area contributed by atoms with Crippen LogP contribution in [-0.4, -0.2) is 57.0 Å². The highest BCUT2D eigenvalue weighted by Crippen LogP contribution is 2.44. The molecule has 1 aliphatic heterocycles. The maximum atomic E-state index is 13.8. The molecule has 5 atom stereocenters. The molecule has 8 heteroatoms. The number of para-hydroxylation sites is 2. The highest BCUT2D eigenvalue weighted by molar-refractivity contribution is 6.41. The molecule has 1 N–H and O–H groups in total. The first-order chi connectivity index (χ1) is 17.5. The van der Waals surface area contributed by atoms with E-state index in [2.05, 4.69) is 22.0 Å². The Labute approximate surface area is 212 Å². The third kappa shape index (κ3) is 4.80. The summed E-state index contributed by atoms with van der Waals surface area (Å²) in [5.74, 6) is 0.433. The normalized spacial score (nSPS) is 29.3. The summed E-state index contributed by atoms with van der Waals surface area (Å²) < 4.78 is 1.79. The highest BCUT2D eigenvalue weighted by Gasteiger charge is 2.40. The molecular weight excluding hydrogens is 456 g/mol. The Morgan fingerprint density at radius 1 is 1.11 bits per heavy atom. The van der Waals surface area contributed by atoms with Crippen molar-refractivity contribution >= 4 is 22.7 Å². The van der Waals surface area contributed by atoms with Crippen molar-refractivity contribution in [1.29, 1.82) is 0 Å². The van der Waals surface area contributed by atoms with Crippen molar-refractivity contribution in [3.8, 4) is 0 Å². The summed E-state index contributed by atoms with van der Waals surface area (Å²) in [6.07, 6.45) is 12.2. The van der Waals surface area contributed by atoms with Crippen LogP contribution in [0.25, 0.3) is 11.0 Å². The monoisotopic (exact) mass is 494 g/mol. The van der Waals surface area contributed by atoms with Gasteiger partial charge in [0.25, 0.3) is 5.56 Å². The molecule has 1 aromatic heterocycles. The fraction of sp³-hybridized carbons (Fsp3) is 0.643. The van der Waals surface area contributed by atoms with Crippen LogP contribution in [0.15, 0.2) is 34.2 Å². The number of rotatable bonds is 7. The molecule has 0 radical (unpaired) electrons. The SMILES string of the molecule is CCC[C@@H]1C[C@H](n2c(=O)c(/C(=N/OC)C(=O)O)nc3ccccc32)CCN1C1CC2CCC[C@H](C2)C1. The number of fused-ring (bicyclic) bond motifs is 3. The van der Waals surface area contributed by atoms with E-state index < -0.39 is 17.2 Å². The van der Waals surface area contributed by atoms with Gasteiger partial charge in [0.15, 0.2) is 5.69 Å². The number of carboxylic acids is 1. The zero-order valence-corrected chi connectivity index (χ0v) is 21.4. The average Bonchev–Trinajstić information content (AvgIpc) is 2.87. The van der Waals surface area contributed by atoms with Gasteiger partial charge in [0.2, 0.25) is 5.71 Å². The molecule has 2 bridgehead atoms. The summed E-state index contributed by atoms with van der Waals surface area (Å²) in [6, 6.07) is 8.54. The molecule has 2 heterocycles. The molecule has 194 valence electrons. The van der Waals surface area contributed by atoms with Crippen LogP contribution < -0.4 is 5.56 Å². The Balaban J connectivity index is 1.50.